The molecule has 2 aromatic heterocycles. The smallest absolute Gasteiger partial charge is 0.193 e. The summed E-state index contributed by atoms with van der Waals surface area (Å²) in [6.07, 6.45) is 3.65. The zero-order valence-corrected chi connectivity index (χ0v) is 9.05. The Morgan fingerprint density at radius 1 is 1.56 bits per heavy atom. The van der Waals surface area contributed by atoms with Gasteiger partial charge < -0.3 is 4.42 Å². The van der Waals surface area contributed by atoms with Crippen molar-refractivity contribution in [2.24, 2.45) is 0 Å². The van der Waals surface area contributed by atoms with Crippen molar-refractivity contribution in [1.29, 1.82) is 5.26 Å². The molecule has 5 nitrogen and oxygen atoms in total. The van der Waals surface area contributed by atoms with Crippen LogP contribution in [0.4, 0.5) is 0 Å². The third-order valence-corrected chi connectivity index (χ3v) is 2.32. The summed E-state index contributed by atoms with van der Waals surface area (Å²) in [7, 11) is 0. The molecule has 2 aromatic rings. The summed E-state index contributed by atoms with van der Waals surface area (Å²) in [5, 5.41) is 16.7. The summed E-state index contributed by atoms with van der Waals surface area (Å²) in [6, 6.07) is 5.62. The molecule has 0 aromatic carbocycles. The first-order valence-electron chi connectivity index (χ1n) is 5.24. The molecule has 2 heterocycles. The Bertz CT molecular complexity index is 493. The van der Waals surface area contributed by atoms with E-state index < -0.39 is 0 Å². The molecule has 5 heteroatoms. The standard InChI is InChI=1S/C11H12N4O/c1-2-3-6-15-11(9(8-12)13-14-15)10-5-4-7-16-10/h4-5,7H,2-3,6H2,1H3. The van der Waals surface area contributed by atoms with Gasteiger partial charge in [0, 0.05) is 6.54 Å². The second-order valence-electron chi connectivity index (χ2n) is 3.45. The average Bonchev–Trinajstić information content (AvgIpc) is 2.94. The molecule has 0 unspecified atom stereocenters. The third-order valence-electron chi connectivity index (χ3n) is 2.32. The van der Waals surface area contributed by atoms with Crippen LogP contribution < -0.4 is 0 Å². The molecule has 0 aliphatic carbocycles. The highest BCUT2D eigenvalue weighted by Gasteiger charge is 2.16. The van der Waals surface area contributed by atoms with Crippen LogP contribution in [0.5, 0.6) is 0 Å². The first-order chi connectivity index (χ1) is 7.86. The Labute approximate surface area is 93.3 Å². The van der Waals surface area contributed by atoms with E-state index in [0.717, 1.165) is 19.4 Å². The van der Waals surface area contributed by atoms with Gasteiger partial charge in [0.25, 0.3) is 0 Å². The molecule has 0 saturated carbocycles. The van der Waals surface area contributed by atoms with Gasteiger partial charge in [0.05, 0.1) is 6.26 Å². The van der Waals surface area contributed by atoms with Gasteiger partial charge in [-0.1, -0.05) is 18.6 Å². The zero-order valence-electron chi connectivity index (χ0n) is 9.05. The molecule has 2 rings (SSSR count). The molecule has 0 amide bonds. The van der Waals surface area contributed by atoms with E-state index in [0.29, 0.717) is 17.1 Å². The lowest BCUT2D eigenvalue weighted by Gasteiger charge is -2.02. The van der Waals surface area contributed by atoms with Gasteiger partial charge in [-0.05, 0) is 18.6 Å². The maximum Gasteiger partial charge on any atom is 0.193 e. The molecule has 0 saturated heterocycles. The van der Waals surface area contributed by atoms with Crippen LogP contribution >= 0.6 is 0 Å². The highest BCUT2D eigenvalue weighted by molar-refractivity contribution is 5.58. The Morgan fingerprint density at radius 3 is 3.06 bits per heavy atom. The largest absolute Gasteiger partial charge is 0.463 e. The van der Waals surface area contributed by atoms with Crippen LogP contribution in [0.2, 0.25) is 0 Å². The maximum absolute atomic E-state index is 8.95. The fourth-order valence-corrected chi connectivity index (χ4v) is 1.51. The second-order valence-corrected chi connectivity index (χ2v) is 3.45. The summed E-state index contributed by atoms with van der Waals surface area (Å²) in [5.41, 5.74) is 0.979. The van der Waals surface area contributed by atoms with Crippen molar-refractivity contribution in [3.63, 3.8) is 0 Å². The first-order valence-corrected chi connectivity index (χ1v) is 5.24. The Balaban J connectivity index is 2.40. The van der Waals surface area contributed by atoms with Crippen LogP contribution in [-0.2, 0) is 6.54 Å². The Kier molecular flexibility index (Phi) is 3.01. The predicted octanol–water partition coefficient (Wildman–Crippen LogP) is 2.21. The number of unbranched alkanes of at least 4 members (excludes halogenated alkanes) is 1. The average molecular weight is 216 g/mol. The van der Waals surface area contributed by atoms with E-state index in [-0.39, 0.29) is 0 Å². The van der Waals surface area contributed by atoms with Crippen LogP contribution in [0.25, 0.3) is 11.5 Å². The summed E-state index contributed by atoms with van der Waals surface area (Å²) in [5.74, 6) is 0.637. The van der Waals surface area contributed by atoms with E-state index in [1.165, 1.54) is 0 Å². The van der Waals surface area contributed by atoms with Crippen molar-refractivity contribution >= 4 is 0 Å². The van der Waals surface area contributed by atoms with Crippen LogP contribution in [0.3, 0.4) is 0 Å². The van der Waals surface area contributed by atoms with E-state index in [1.54, 1.807) is 17.0 Å². The fraction of sp³-hybridized carbons (Fsp3) is 0.364. The molecule has 82 valence electrons. The van der Waals surface area contributed by atoms with Crippen LogP contribution in [0.1, 0.15) is 25.5 Å². The van der Waals surface area contributed by atoms with E-state index >= 15 is 0 Å². The quantitative estimate of drug-likeness (QED) is 0.785. The molecular weight excluding hydrogens is 204 g/mol. The van der Waals surface area contributed by atoms with Crippen LogP contribution in [-0.4, -0.2) is 15.0 Å². The molecule has 0 fully saturated rings. The van der Waals surface area contributed by atoms with Gasteiger partial charge in [-0.15, -0.1) is 5.10 Å². The van der Waals surface area contributed by atoms with E-state index in [4.69, 9.17) is 9.68 Å². The molecular formula is C11H12N4O. The van der Waals surface area contributed by atoms with Crippen molar-refractivity contribution in [3.8, 4) is 17.5 Å². The van der Waals surface area contributed by atoms with Gasteiger partial charge >= 0.3 is 0 Å². The maximum atomic E-state index is 8.95. The summed E-state index contributed by atoms with van der Waals surface area (Å²) in [6.45, 7) is 2.86. The number of nitriles is 1. The molecule has 0 bridgehead atoms. The van der Waals surface area contributed by atoms with Crippen LogP contribution in [0.15, 0.2) is 22.8 Å². The van der Waals surface area contributed by atoms with Gasteiger partial charge in [-0.3, -0.25) is 0 Å². The number of hydrogen-bond acceptors (Lipinski definition) is 4. The molecule has 16 heavy (non-hydrogen) atoms. The Morgan fingerprint density at radius 2 is 2.44 bits per heavy atom. The van der Waals surface area contributed by atoms with Crippen molar-refractivity contribution < 1.29 is 4.42 Å². The van der Waals surface area contributed by atoms with Gasteiger partial charge in [-0.2, -0.15) is 5.26 Å². The number of furan rings is 1. The highest BCUT2D eigenvalue weighted by Crippen LogP contribution is 2.22. The predicted molar refractivity (Wildman–Crippen MR) is 57.3 cm³/mol. The van der Waals surface area contributed by atoms with Crippen molar-refractivity contribution in [2.75, 3.05) is 0 Å². The summed E-state index contributed by atoms with van der Waals surface area (Å²) >= 11 is 0. The third kappa shape index (κ3) is 1.82. The molecule has 0 spiro atoms. The van der Waals surface area contributed by atoms with E-state index in [9.17, 15) is 0 Å². The number of rotatable bonds is 4. The second kappa shape index (κ2) is 4.62. The topological polar surface area (TPSA) is 67.6 Å². The number of aromatic nitrogens is 3. The summed E-state index contributed by atoms with van der Waals surface area (Å²) in [4.78, 5) is 0. The van der Waals surface area contributed by atoms with E-state index in [2.05, 4.69) is 17.2 Å². The normalized spacial score (nSPS) is 10.2. The molecule has 0 aliphatic heterocycles. The van der Waals surface area contributed by atoms with Crippen molar-refractivity contribution in [2.45, 2.75) is 26.3 Å². The molecule has 0 N–H and O–H groups in total. The molecule has 0 atom stereocenters. The lowest BCUT2D eigenvalue weighted by atomic mass is 10.2. The molecule has 0 aliphatic rings. The van der Waals surface area contributed by atoms with Gasteiger partial charge in [0.15, 0.2) is 11.5 Å². The highest BCUT2D eigenvalue weighted by atomic mass is 16.3. The fourth-order valence-electron chi connectivity index (χ4n) is 1.51. The van der Waals surface area contributed by atoms with Crippen molar-refractivity contribution in [3.05, 3.63) is 24.1 Å². The minimum atomic E-state index is 0.311. The minimum Gasteiger partial charge on any atom is -0.463 e. The van der Waals surface area contributed by atoms with Gasteiger partial charge in [0.2, 0.25) is 0 Å². The lowest BCUT2D eigenvalue weighted by Crippen LogP contribution is -2.02. The SMILES string of the molecule is CCCCn1nnc(C#N)c1-c1ccco1. The minimum absolute atomic E-state index is 0.311. The monoisotopic (exact) mass is 216 g/mol. The number of hydrogen-bond donors (Lipinski definition) is 0. The van der Waals surface area contributed by atoms with Gasteiger partial charge in [-0.25, -0.2) is 4.68 Å². The first kappa shape index (κ1) is 10.4. The number of aryl methyl sites for hydroxylation is 1. The number of nitrogens with zero attached hydrogens (tertiary/aromatic N) is 4. The van der Waals surface area contributed by atoms with Crippen molar-refractivity contribution in [1.82, 2.24) is 15.0 Å². The Hall–Kier alpha value is -2.09. The van der Waals surface area contributed by atoms with Crippen LogP contribution in [0, 0.1) is 11.3 Å². The lowest BCUT2D eigenvalue weighted by molar-refractivity contribution is 0.534. The van der Waals surface area contributed by atoms with E-state index in [1.807, 2.05) is 12.1 Å². The van der Waals surface area contributed by atoms with Gasteiger partial charge in [0.1, 0.15) is 11.8 Å². The zero-order chi connectivity index (χ0) is 11.4. The summed E-state index contributed by atoms with van der Waals surface area (Å²) < 4.78 is 7.01. The molecule has 0 radical (unpaired) electrons.